The van der Waals surface area contributed by atoms with E-state index in [2.05, 4.69) is 23.8 Å². The lowest BCUT2D eigenvalue weighted by Crippen LogP contribution is -2.30. The van der Waals surface area contributed by atoms with Gasteiger partial charge in [-0.15, -0.1) is 22.7 Å². The van der Waals surface area contributed by atoms with Crippen LogP contribution in [0.4, 0.5) is 0 Å². The van der Waals surface area contributed by atoms with Gasteiger partial charge in [0.15, 0.2) is 0 Å². The van der Waals surface area contributed by atoms with Gasteiger partial charge < -0.3 is 4.90 Å². The first-order chi connectivity index (χ1) is 9.93. The minimum Gasteiger partial charge on any atom is -0.332 e. The summed E-state index contributed by atoms with van der Waals surface area (Å²) < 4.78 is 0. The molecule has 2 rings (SSSR count). The highest BCUT2D eigenvalue weighted by atomic mass is 32.1. The Morgan fingerprint density at radius 2 is 2.10 bits per heavy atom. The number of rotatable bonds is 5. The molecule has 2 aromatic heterocycles. The van der Waals surface area contributed by atoms with Gasteiger partial charge >= 0.3 is 0 Å². The Bertz CT molecular complexity index is 633. The SMILES string of the molecule is CCCc1nc(C(=O)N(C)[C@H](C)c2nc(C)sc2C)cs1. The Morgan fingerprint density at radius 1 is 1.38 bits per heavy atom. The summed E-state index contributed by atoms with van der Waals surface area (Å²) in [6.45, 7) is 8.17. The van der Waals surface area contributed by atoms with Crippen molar-refractivity contribution in [2.24, 2.45) is 0 Å². The fourth-order valence-electron chi connectivity index (χ4n) is 2.21. The summed E-state index contributed by atoms with van der Waals surface area (Å²) in [5, 5.41) is 3.92. The summed E-state index contributed by atoms with van der Waals surface area (Å²) >= 11 is 3.23. The molecule has 2 aromatic rings. The van der Waals surface area contributed by atoms with E-state index in [0.717, 1.165) is 28.6 Å². The number of hydrogen-bond donors (Lipinski definition) is 0. The number of carbonyl (C=O) groups excluding carboxylic acids is 1. The fourth-order valence-corrected chi connectivity index (χ4v) is 3.99. The predicted octanol–water partition coefficient (Wildman–Crippen LogP) is 4.00. The molecule has 0 saturated carbocycles. The topological polar surface area (TPSA) is 46.1 Å². The van der Waals surface area contributed by atoms with Gasteiger partial charge in [0.25, 0.3) is 5.91 Å². The predicted molar refractivity (Wildman–Crippen MR) is 88.2 cm³/mol. The molecule has 21 heavy (non-hydrogen) atoms. The standard InChI is InChI=1S/C15H21N3OS2/c1-6-7-13-17-12(8-20-13)15(19)18(5)9(2)14-10(3)21-11(4)16-14/h8-9H,6-7H2,1-5H3/t9-/m1/s1. The molecular formula is C15H21N3OS2. The van der Waals surface area contributed by atoms with E-state index in [1.807, 2.05) is 26.3 Å². The lowest BCUT2D eigenvalue weighted by atomic mass is 10.2. The molecule has 0 aliphatic rings. The van der Waals surface area contributed by atoms with Gasteiger partial charge in [-0.25, -0.2) is 9.97 Å². The largest absolute Gasteiger partial charge is 0.332 e. The zero-order chi connectivity index (χ0) is 15.6. The first kappa shape index (κ1) is 16.1. The van der Waals surface area contributed by atoms with E-state index < -0.39 is 0 Å². The van der Waals surface area contributed by atoms with Crippen LogP contribution in [-0.4, -0.2) is 27.8 Å². The molecular weight excluding hydrogens is 302 g/mol. The molecule has 1 amide bonds. The number of carbonyl (C=O) groups is 1. The van der Waals surface area contributed by atoms with Crippen LogP contribution in [-0.2, 0) is 6.42 Å². The molecule has 0 saturated heterocycles. The number of hydrogen-bond acceptors (Lipinski definition) is 5. The number of amides is 1. The summed E-state index contributed by atoms with van der Waals surface area (Å²) in [4.78, 5) is 24.4. The van der Waals surface area contributed by atoms with Crippen LogP contribution >= 0.6 is 22.7 Å². The molecule has 0 unspecified atom stereocenters. The first-order valence-electron chi connectivity index (χ1n) is 7.09. The third-order valence-corrected chi connectivity index (χ3v) is 5.28. The summed E-state index contributed by atoms with van der Waals surface area (Å²) in [7, 11) is 1.82. The molecule has 0 N–H and O–H groups in total. The van der Waals surface area contributed by atoms with E-state index in [4.69, 9.17) is 0 Å². The van der Waals surface area contributed by atoms with Crippen LogP contribution < -0.4 is 0 Å². The Kier molecular flexibility index (Phi) is 5.11. The number of nitrogens with zero attached hydrogens (tertiary/aromatic N) is 3. The highest BCUT2D eigenvalue weighted by molar-refractivity contribution is 7.11. The molecule has 0 fully saturated rings. The summed E-state index contributed by atoms with van der Waals surface area (Å²) in [6, 6.07) is -0.0428. The molecule has 0 aliphatic heterocycles. The average Bonchev–Trinajstić information content (AvgIpc) is 3.03. The monoisotopic (exact) mass is 323 g/mol. The fraction of sp³-hybridized carbons (Fsp3) is 0.533. The quantitative estimate of drug-likeness (QED) is 0.835. The number of aryl methyl sites for hydroxylation is 3. The maximum atomic E-state index is 12.5. The third kappa shape index (κ3) is 3.49. The smallest absolute Gasteiger partial charge is 0.273 e. The van der Waals surface area contributed by atoms with Gasteiger partial charge in [-0.1, -0.05) is 6.92 Å². The Labute approximate surface area is 133 Å². The van der Waals surface area contributed by atoms with E-state index in [0.29, 0.717) is 5.69 Å². The normalized spacial score (nSPS) is 12.4. The van der Waals surface area contributed by atoms with Gasteiger partial charge in [0, 0.05) is 17.3 Å². The Morgan fingerprint density at radius 3 is 2.67 bits per heavy atom. The minimum atomic E-state index is -0.0428. The lowest BCUT2D eigenvalue weighted by Gasteiger charge is -2.23. The molecule has 6 heteroatoms. The van der Waals surface area contributed by atoms with Crippen molar-refractivity contribution in [3.8, 4) is 0 Å². The number of thiazole rings is 2. The second-order valence-corrected chi connectivity index (χ2v) is 7.49. The molecule has 114 valence electrons. The molecule has 1 atom stereocenters. The molecule has 0 spiro atoms. The van der Waals surface area contributed by atoms with Gasteiger partial charge in [-0.2, -0.15) is 0 Å². The highest BCUT2D eigenvalue weighted by Crippen LogP contribution is 2.27. The van der Waals surface area contributed by atoms with E-state index >= 15 is 0 Å². The zero-order valence-electron chi connectivity index (χ0n) is 13.1. The summed E-state index contributed by atoms with van der Waals surface area (Å²) in [5.41, 5.74) is 1.53. The zero-order valence-corrected chi connectivity index (χ0v) is 14.8. The summed E-state index contributed by atoms with van der Waals surface area (Å²) in [6.07, 6.45) is 1.98. The van der Waals surface area contributed by atoms with Crippen molar-refractivity contribution in [3.63, 3.8) is 0 Å². The average molecular weight is 323 g/mol. The Hall–Kier alpha value is -1.27. The van der Waals surface area contributed by atoms with Crippen LogP contribution in [0.3, 0.4) is 0 Å². The van der Waals surface area contributed by atoms with Crippen LogP contribution in [0.15, 0.2) is 5.38 Å². The molecule has 0 aromatic carbocycles. The van der Waals surface area contributed by atoms with Crippen molar-refractivity contribution in [1.82, 2.24) is 14.9 Å². The lowest BCUT2D eigenvalue weighted by molar-refractivity contribution is 0.0734. The van der Waals surface area contributed by atoms with Gasteiger partial charge in [0.1, 0.15) is 5.69 Å². The van der Waals surface area contributed by atoms with Crippen molar-refractivity contribution in [1.29, 1.82) is 0 Å². The van der Waals surface area contributed by atoms with Crippen LogP contribution in [0.1, 0.15) is 57.4 Å². The minimum absolute atomic E-state index is 0.0360. The van der Waals surface area contributed by atoms with Gasteiger partial charge in [-0.05, 0) is 33.6 Å². The third-order valence-electron chi connectivity index (χ3n) is 3.47. The maximum Gasteiger partial charge on any atom is 0.273 e. The van der Waals surface area contributed by atoms with E-state index in [-0.39, 0.29) is 11.9 Å². The maximum absolute atomic E-state index is 12.5. The van der Waals surface area contributed by atoms with Crippen molar-refractivity contribution in [2.45, 2.75) is 46.6 Å². The highest BCUT2D eigenvalue weighted by Gasteiger charge is 2.24. The molecule has 4 nitrogen and oxygen atoms in total. The van der Waals surface area contributed by atoms with Crippen molar-refractivity contribution < 1.29 is 4.79 Å². The second kappa shape index (κ2) is 6.66. The van der Waals surface area contributed by atoms with Crippen LogP contribution in [0, 0.1) is 13.8 Å². The van der Waals surface area contributed by atoms with Crippen LogP contribution in [0.2, 0.25) is 0 Å². The van der Waals surface area contributed by atoms with E-state index in [1.165, 1.54) is 4.88 Å². The second-order valence-electron chi connectivity index (χ2n) is 5.14. The summed E-state index contributed by atoms with van der Waals surface area (Å²) in [5.74, 6) is -0.0360. The van der Waals surface area contributed by atoms with Gasteiger partial charge in [0.2, 0.25) is 0 Å². The van der Waals surface area contributed by atoms with Crippen molar-refractivity contribution in [2.75, 3.05) is 7.05 Å². The van der Waals surface area contributed by atoms with Crippen LogP contribution in [0.25, 0.3) is 0 Å². The Balaban J connectivity index is 2.16. The first-order valence-corrected chi connectivity index (χ1v) is 8.79. The van der Waals surface area contributed by atoms with Crippen LogP contribution in [0.5, 0.6) is 0 Å². The van der Waals surface area contributed by atoms with E-state index in [9.17, 15) is 4.79 Å². The van der Waals surface area contributed by atoms with Gasteiger partial charge in [-0.3, -0.25) is 4.79 Å². The molecule has 0 aliphatic carbocycles. The van der Waals surface area contributed by atoms with Crippen molar-refractivity contribution in [3.05, 3.63) is 31.7 Å². The molecule has 2 heterocycles. The van der Waals surface area contributed by atoms with Crippen molar-refractivity contribution >= 4 is 28.6 Å². The van der Waals surface area contributed by atoms with E-state index in [1.54, 1.807) is 27.6 Å². The molecule has 0 bridgehead atoms. The van der Waals surface area contributed by atoms with Gasteiger partial charge in [0.05, 0.1) is 21.8 Å². The molecule has 0 radical (unpaired) electrons. The number of aromatic nitrogens is 2.